The molecule has 0 unspecified atom stereocenters. The Hall–Kier alpha value is -2.37. The van der Waals surface area contributed by atoms with Crippen molar-refractivity contribution in [1.29, 1.82) is 0 Å². The summed E-state index contributed by atoms with van der Waals surface area (Å²) in [5.74, 6) is -0.245. The Morgan fingerprint density at radius 2 is 1.91 bits per heavy atom. The number of nitrogens with zero attached hydrogens (tertiary/aromatic N) is 2. The normalized spacial score (nSPS) is 11.2. The Kier molecular flexibility index (Phi) is 5.03. The fourth-order valence-corrected chi connectivity index (χ4v) is 2.62. The molecule has 6 heteroatoms. The van der Waals surface area contributed by atoms with E-state index in [1.54, 1.807) is 12.1 Å². The fourth-order valence-electron chi connectivity index (χ4n) is 2.62. The van der Waals surface area contributed by atoms with Gasteiger partial charge in [0.2, 0.25) is 5.91 Å². The van der Waals surface area contributed by atoms with Gasteiger partial charge in [-0.25, -0.2) is 4.79 Å². The molecule has 0 aliphatic carbocycles. The van der Waals surface area contributed by atoms with Gasteiger partial charge in [0, 0.05) is 12.6 Å². The van der Waals surface area contributed by atoms with E-state index in [1.165, 1.54) is 9.13 Å². The topological polar surface area (TPSA) is 73.1 Å². The van der Waals surface area contributed by atoms with E-state index < -0.39 is 5.69 Å². The number of fused-ring (bicyclic) bond motifs is 1. The first-order valence-electron chi connectivity index (χ1n) is 7.88. The zero-order chi connectivity index (χ0) is 17.1. The molecule has 2 rings (SSSR count). The highest BCUT2D eigenvalue weighted by Gasteiger charge is 2.15. The van der Waals surface area contributed by atoms with Crippen LogP contribution in [0.2, 0.25) is 0 Å². The molecule has 0 radical (unpaired) electrons. The van der Waals surface area contributed by atoms with E-state index in [2.05, 4.69) is 5.32 Å². The van der Waals surface area contributed by atoms with Gasteiger partial charge in [0.15, 0.2) is 0 Å². The summed E-state index contributed by atoms with van der Waals surface area (Å²) < 4.78 is 2.59. The number of carbonyl (C=O) groups excluding carboxylic acids is 1. The van der Waals surface area contributed by atoms with Crippen molar-refractivity contribution < 1.29 is 4.79 Å². The first kappa shape index (κ1) is 17.0. The van der Waals surface area contributed by atoms with Crippen LogP contribution in [0, 0.1) is 6.92 Å². The molecule has 1 aromatic heterocycles. The molecule has 1 amide bonds. The summed E-state index contributed by atoms with van der Waals surface area (Å²) in [6.45, 7) is 7.76. The average Bonchev–Trinajstić information content (AvgIpc) is 2.47. The summed E-state index contributed by atoms with van der Waals surface area (Å²) in [7, 11) is 0. The third kappa shape index (κ3) is 3.52. The largest absolute Gasteiger partial charge is 0.352 e. The van der Waals surface area contributed by atoms with Crippen LogP contribution in [0.3, 0.4) is 0 Å². The smallest absolute Gasteiger partial charge is 0.331 e. The molecule has 23 heavy (non-hydrogen) atoms. The maximum atomic E-state index is 12.6. The van der Waals surface area contributed by atoms with E-state index in [-0.39, 0.29) is 24.1 Å². The second-order valence-corrected chi connectivity index (χ2v) is 6.07. The van der Waals surface area contributed by atoms with E-state index >= 15 is 0 Å². The molecule has 2 aromatic rings. The average molecular weight is 317 g/mol. The van der Waals surface area contributed by atoms with E-state index in [4.69, 9.17) is 0 Å². The minimum Gasteiger partial charge on any atom is -0.352 e. The first-order chi connectivity index (χ1) is 10.8. The number of benzene rings is 1. The zero-order valence-corrected chi connectivity index (χ0v) is 14.0. The lowest BCUT2D eigenvalue weighted by Crippen LogP contribution is -2.43. The van der Waals surface area contributed by atoms with Crippen LogP contribution in [-0.4, -0.2) is 21.1 Å². The van der Waals surface area contributed by atoms with Gasteiger partial charge in [-0.1, -0.05) is 18.6 Å². The van der Waals surface area contributed by atoms with Gasteiger partial charge in [-0.15, -0.1) is 0 Å². The Morgan fingerprint density at radius 3 is 2.52 bits per heavy atom. The minimum atomic E-state index is -0.438. The van der Waals surface area contributed by atoms with Crippen LogP contribution in [0.4, 0.5) is 0 Å². The Balaban J connectivity index is 2.69. The van der Waals surface area contributed by atoms with Crippen molar-refractivity contribution in [2.24, 2.45) is 0 Å². The standard InChI is InChI=1S/C17H23N3O3/c1-5-8-19-16(22)13-9-12(4)6-7-14(13)20(17(19)23)10-15(21)18-11(2)3/h6-7,9,11H,5,8,10H2,1-4H3,(H,18,21). The van der Waals surface area contributed by atoms with E-state index in [0.29, 0.717) is 23.9 Å². The van der Waals surface area contributed by atoms with Gasteiger partial charge in [0.25, 0.3) is 5.56 Å². The number of hydrogen-bond acceptors (Lipinski definition) is 3. The van der Waals surface area contributed by atoms with Crippen molar-refractivity contribution in [2.75, 3.05) is 0 Å². The lowest BCUT2D eigenvalue weighted by Gasteiger charge is -2.15. The summed E-state index contributed by atoms with van der Waals surface area (Å²) in [5.41, 5.74) is 0.703. The molecule has 1 N–H and O–H groups in total. The first-order valence-corrected chi connectivity index (χ1v) is 7.88. The number of aromatic nitrogens is 2. The molecule has 0 bridgehead atoms. The van der Waals surface area contributed by atoms with Crippen molar-refractivity contribution in [3.8, 4) is 0 Å². The summed E-state index contributed by atoms with van der Waals surface area (Å²) in [6, 6.07) is 5.32. The Labute approximate surface area is 134 Å². The SMILES string of the molecule is CCCn1c(=O)c2cc(C)ccc2n(CC(=O)NC(C)C)c1=O. The lowest BCUT2D eigenvalue weighted by molar-refractivity contribution is -0.122. The molecule has 1 aromatic carbocycles. The van der Waals surface area contributed by atoms with Gasteiger partial charge in [-0.2, -0.15) is 0 Å². The van der Waals surface area contributed by atoms with Crippen LogP contribution in [-0.2, 0) is 17.9 Å². The number of amides is 1. The van der Waals surface area contributed by atoms with Crippen molar-refractivity contribution in [3.05, 3.63) is 44.6 Å². The summed E-state index contributed by atoms with van der Waals surface area (Å²) in [4.78, 5) is 37.3. The Bertz CT molecular complexity index is 847. The quantitative estimate of drug-likeness (QED) is 0.906. The van der Waals surface area contributed by atoms with E-state index in [9.17, 15) is 14.4 Å². The minimum absolute atomic E-state index is 0.00624. The number of carbonyl (C=O) groups is 1. The molecule has 1 heterocycles. The molecule has 0 spiro atoms. The molecule has 6 nitrogen and oxygen atoms in total. The van der Waals surface area contributed by atoms with Crippen molar-refractivity contribution in [1.82, 2.24) is 14.5 Å². The van der Waals surface area contributed by atoms with Crippen molar-refractivity contribution in [2.45, 2.75) is 53.2 Å². The number of aryl methyl sites for hydroxylation is 1. The van der Waals surface area contributed by atoms with Crippen LogP contribution in [0.25, 0.3) is 10.9 Å². The zero-order valence-electron chi connectivity index (χ0n) is 14.0. The monoisotopic (exact) mass is 317 g/mol. The molecule has 0 saturated carbocycles. The number of rotatable bonds is 5. The van der Waals surface area contributed by atoms with E-state index in [0.717, 1.165) is 5.56 Å². The molecular formula is C17H23N3O3. The third-order valence-electron chi connectivity index (χ3n) is 3.58. The molecule has 0 saturated heterocycles. The predicted octanol–water partition coefficient (Wildman–Crippen LogP) is 1.41. The second kappa shape index (κ2) is 6.81. The van der Waals surface area contributed by atoms with Crippen LogP contribution in [0.1, 0.15) is 32.8 Å². The summed E-state index contributed by atoms with van der Waals surface area (Å²) in [6.07, 6.45) is 0.671. The number of hydrogen-bond donors (Lipinski definition) is 1. The van der Waals surface area contributed by atoms with Crippen LogP contribution >= 0.6 is 0 Å². The maximum Gasteiger partial charge on any atom is 0.331 e. The second-order valence-electron chi connectivity index (χ2n) is 6.07. The highest BCUT2D eigenvalue weighted by molar-refractivity contribution is 5.82. The van der Waals surface area contributed by atoms with Gasteiger partial charge >= 0.3 is 5.69 Å². The molecule has 0 aliphatic rings. The molecular weight excluding hydrogens is 294 g/mol. The number of nitrogens with one attached hydrogen (secondary N) is 1. The summed E-state index contributed by atoms with van der Waals surface area (Å²) >= 11 is 0. The molecule has 0 atom stereocenters. The molecule has 124 valence electrons. The van der Waals surface area contributed by atoms with Gasteiger partial charge in [0.1, 0.15) is 6.54 Å². The van der Waals surface area contributed by atoms with Crippen LogP contribution in [0.5, 0.6) is 0 Å². The van der Waals surface area contributed by atoms with Crippen LogP contribution in [0.15, 0.2) is 27.8 Å². The van der Waals surface area contributed by atoms with Gasteiger partial charge in [0.05, 0.1) is 10.9 Å². The lowest BCUT2D eigenvalue weighted by atomic mass is 10.1. The summed E-state index contributed by atoms with van der Waals surface area (Å²) in [5, 5.41) is 3.24. The predicted molar refractivity (Wildman–Crippen MR) is 90.8 cm³/mol. The Morgan fingerprint density at radius 1 is 1.22 bits per heavy atom. The maximum absolute atomic E-state index is 12.6. The van der Waals surface area contributed by atoms with Gasteiger partial charge in [-0.3, -0.25) is 18.7 Å². The van der Waals surface area contributed by atoms with Gasteiger partial charge < -0.3 is 5.32 Å². The van der Waals surface area contributed by atoms with Gasteiger partial charge in [-0.05, 0) is 39.3 Å². The van der Waals surface area contributed by atoms with Crippen molar-refractivity contribution >= 4 is 16.8 Å². The van der Waals surface area contributed by atoms with E-state index in [1.807, 2.05) is 33.8 Å². The molecule has 0 aliphatic heterocycles. The van der Waals surface area contributed by atoms with Crippen molar-refractivity contribution in [3.63, 3.8) is 0 Å². The highest BCUT2D eigenvalue weighted by Crippen LogP contribution is 2.11. The third-order valence-corrected chi connectivity index (χ3v) is 3.58. The van der Waals surface area contributed by atoms with Crippen LogP contribution < -0.4 is 16.6 Å². The molecule has 0 fully saturated rings. The highest BCUT2D eigenvalue weighted by atomic mass is 16.2. The fraction of sp³-hybridized carbons (Fsp3) is 0.471.